The second kappa shape index (κ2) is 10.1. The SMILES string of the molecule is COc1ccccc1-n1cnnc1S[C@@H](C)C(=O)N[C@@H](C)CCc1ccccc1. The standard InChI is InChI=1S/C22H26N4O2S/c1-16(13-14-18-9-5-4-6-10-18)24-21(27)17(2)29-22-25-23-15-26(22)19-11-7-8-12-20(19)28-3/h4-12,15-17H,13-14H2,1-3H3,(H,24,27)/t16-,17-/m0/s1. The summed E-state index contributed by atoms with van der Waals surface area (Å²) in [5.74, 6) is 0.714. The number of thioether (sulfide) groups is 1. The van der Waals surface area contributed by atoms with Crippen molar-refractivity contribution in [2.45, 2.75) is 43.1 Å². The Hall–Kier alpha value is -2.80. The van der Waals surface area contributed by atoms with Crippen molar-refractivity contribution < 1.29 is 9.53 Å². The van der Waals surface area contributed by atoms with Gasteiger partial charge in [0.25, 0.3) is 0 Å². The lowest BCUT2D eigenvalue weighted by Crippen LogP contribution is -2.38. The van der Waals surface area contributed by atoms with E-state index in [1.54, 1.807) is 13.4 Å². The van der Waals surface area contributed by atoms with Crippen LogP contribution in [0.2, 0.25) is 0 Å². The molecule has 152 valence electrons. The predicted octanol–water partition coefficient (Wildman–Crippen LogP) is 3.89. The third-order valence-corrected chi connectivity index (χ3v) is 5.67. The monoisotopic (exact) mass is 410 g/mol. The Morgan fingerprint density at radius 3 is 2.62 bits per heavy atom. The molecule has 0 saturated carbocycles. The highest BCUT2D eigenvalue weighted by molar-refractivity contribution is 8.00. The van der Waals surface area contributed by atoms with Crippen LogP contribution in [0.4, 0.5) is 0 Å². The molecule has 0 bridgehead atoms. The Morgan fingerprint density at radius 1 is 1.14 bits per heavy atom. The second-order valence-corrected chi connectivity index (χ2v) is 8.16. The number of carbonyl (C=O) groups excluding carboxylic acids is 1. The van der Waals surface area contributed by atoms with E-state index < -0.39 is 0 Å². The van der Waals surface area contributed by atoms with E-state index in [0.29, 0.717) is 5.16 Å². The number of amides is 1. The van der Waals surface area contributed by atoms with Crippen LogP contribution < -0.4 is 10.1 Å². The lowest BCUT2D eigenvalue weighted by Gasteiger charge is -2.17. The zero-order valence-electron chi connectivity index (χ0n) is 16.9. The first-order chi connectivity index (χ1) is 14.1. The minimum Gasteiger partial charge on any atom is -0.495 e. The first kappa shape index (κ1) is 20.9. The molecule has 2 aromatic carbocycles. The van der Waals surface area contributed by atoms with Crippen LogP contribution in [0.25, 0.3) is 5.69 Å². The number of hydrogen-bond acceptors (Lipinski definition) is 5. The van der Waals surface area contributed by atoms with E-state index in [-0.39, 0.29) is 17.2 Å². The first-order valence-electron chi connectivity index (χ1n) is 9.63. The van der Waals surface area contributed by atoms with Gasteiger partial charge < -0.3 is 10.1 Å². The molecule has 6 nitrogen and oxygen atoms in total. The van der Waals surface area contributed by atoms with Crippen LogP contribution in [0.15, 0.2) is 66.1 Å². The molecule has 0 aliphatic heterocycles. The minimum atomic E-state index is -0.299. The fraction of sp³-hybridized carbons (Fsp3) is 0.318. The minimum absolute atomic E-state index is 0.00913. The molecule has 0 spiro atoms. The topological polar surface area (TPSA) is 69.0 Å². The van der Waals surface area contributed by atoms with Crippen molar-refractivity contribution in [3.05, 3.63) is 66.5 Å². The van der Waals surface area contributed by atoms with Gasteiger partial charge in [-0.2, -0.15) is 0 Å². The van der Waals surface area contributed by atoms with Gasteiger partial charge in [0.2, 0.25) is 5.91 Å². The lowest BCUT2D eigenvalue weighted by atomic mass is 10.1. The number of nitrogens with one attached hydrogen (secondary N) is 1. The van der Waals surface area contributed by atoms with Crippen molar-refractivity contribution >= 4 is 17.7 Å². The van der Waals surface area contributed by atoms with Crippen molar-refractivity contribution in [3.8, 4) is 11.4 Å². The quantitative estimate of drug-likeness (QED) is 0.542. The summed E-state index contributed by atoms with van der Waals surface area (Å²) in [4.78, 5) is 12.6. The average molecular weight is 411 g/mol. The molecule has 0 saturated heterocycles. The van der Waals surface area contributed by atoms with Crippen molar-refractivity contribution in [3.63, 3.8) is 0 Å². The molecule has 0 fully saturated rings. The van der Waals surface area contributed by atoms with Gasteiger partial charge in [0.05, 0.1) is 18.0 Å². The number of nitrogens with zero attached hydrogens (tertiary/aromatic N) is 3. The number of ether oxygens (including phenoxy) is 1. The van der Waals surface area contributed by atoms with Gasteiger partial charge in [-0.05, 0) is 44.4 Å². The fourth-order valence-corrected chi connectivity index (χ4v) is 3.82. The van der Waals surface area contributed by atoms with Crippen LogP contribution in [0, 0.1) is 0 Å². The van der Waals surface area contributed by atoms with Gasteiger partial charge in [-0.3, -0.25) is 9.36 Å². The Balaban J connectivity index is 1.58. The van der Waals surface area contributed by atoms with E-state index in [4.69, 9.17) is 4.74 Å². The number of hydrogen-bond donors (Lipinski definition) is 1. The largest absolute Gasteiger partial charge is 0.495 e. The maximum atomic E-state index is 12.6. The maximum absolute atomic E-state index is 12.6. The summed E-state index contributed by atoms with van der Waals surface area (Å²) in [6.45, 7) is 3.92. The molecule has 0 aliphatic carbocycles. The highest BCUT2D eigenvalue weighted by Gasteiger charge is 2.20. The molecular formula is C22H26N4O2S. The van der Waals surface area contributed by atoms with E-state index in [1.165, 1.54) is 17.3 Å². The van der Waals surface area contributed by atoms with Gasteiger partial charge in [0.15, 0.2) is 5.16 Å². The van der Waals surface area contributed by atoms with E-state index in [0.717, 1.165) is 24.3 Å². The molecule has 3 rings (SSSR count). The number of benzene rings is 2. The summed E-state index contributed by atoms with van der Waals surface area (Å²) in [6, 6.07) is 18.1. The highest BCUT2D eigenvalue weighted by Crippen LogP contribution is 2.28. The summed E-state index contributed by atoms with van der Waals surface area (Å²) in [6.07, 6.45) is 3.46. The third-order valence-electron chi connectivity index (χ3n) is 4.61. The molecule has 29 heavy (non-hydrogen) atoms. The molecule has 3 aromatic rings. The Morgan fingerprint density at radius 2 is 1.86 bits per heavy atom. The first-order valence-corrected chi connectivity index (χ1v) is 10.5. The van der Waals surface area contributed by atoms with Crippen LogP contribution in [0.3, 0.4) is 0 Å². The number of aromatic nitrogens is 3. The van der Waals surface area contributed by atoms with Gasteiger partial charge in [-0.1, -0.05) is 54.2 Å². The van der Waals surface area contributed by atoms with Gasteiger partial charge in [0.1, 0.15) is 12.1 Å². The summed E-state index contributed by atoms with van der Waals surface area (Å²) >= 11 is 1.38. The smallest absolute Gasteiger partial charge is 0.233 e. The van der Waals surface area contributed by atoms with Gasteiger partial charge >= 0.3 is 0 Å². The lowest BCUT2D eigenvalue weighted by molar-refractivity contribution is -0.120. The van der Waals surface area contributed by atoms with Gasteiger partial charge in [-0.15, -0.1) is 10.2 Å². The van der Waals surface area contributed by atoms with E-state index in [9.17, 15) is 4.79 Å². The number of carbonyl (C=O) groups is 1. The molecule has 2 atom stereocenters. The van der Waals surface area contributed by atoms with Crippen molar-refractivity contribution in [2.75, 3.05) is 7.11 Å². The summed E-state index contributed by atoms with van der Waals surface area (Å²) in [5, 5.41) is 11.7. The number of aryl methyl sites for hydroxylation is 1. The van der Waals surface area contributed by atoms with E-state index in [1.807, 2.05) is 60.9 Å². The Labute approximate surface area is 175 Å². The summed E-state index contributed by atoms with van der Waals surface area (Å²) < 4.78 is 7.27. The van der Waals surface area contributed by atoms with Gasteiger partial charge in [-0.25, -0.2) is 0 Å². The molecule has 0 radical (unpaired) electrons. The van der Waals surface area contributed by atoms with E-state index in [2.05, 4.69) is 27.6 Å². The molecule has 1 N–H and O–H groups in total. The molecule has 1 amide bonds. The van der Waals surface area contributed by atoms with Crippen molar-refractivity contribution in [1.82, 2.24) is 20.1 Å². The van der Waals surface area contributed by atoms with Crippen molar-refractivity contribution in [1.29, 1.82) is 0 Å². The molecule has 1 aromatic heterocycles. The second-order valence-electron chi connectivity index (χ2n) is 6.85. The van der Waals surface area contributed by atoms with Crippen LogP contribution >= 0.6 is 11.8 Å². The molecule has 1 heterocycles. The third kappa shape index (κ3) is 5.60. The van der Waals surface area contributed by atoms with Crippen LogP contribution in [-0.2, 0) is 11.2 Å². The zero-order chi connectivity index (χ0) is 20.6. The van der Waals surface area contributed by atoms with Crippen molar-refractivity contribution in [2.24, 2.45) is 0 Å². The molecule has 0 unspecified atom stereocenters. The fourth-order valence-electron chi connectivity index (χ4n) is 2.97. The molecule has 7 heteroatoms. The summed E-state index contributed by atoms with van der Waals surface area (Å²) in [7, 11) is 1.63. The van der Waals surface area contributed by atoms with Crippen LogP contribution in [0.5, 0.6) is 5.75 Å². The Kier molecular flexibility index (Phi) is 7.30. The molecular weight excluding hydrogens is 384 g/mol. The number of rotatable bonds is 9. The molecule has 0 aliphatic rings. The average Bonchev–Trinajstić information content (AvgIpc) is 3.20. The van der Waals surface area contributed by atoms with Crippen LogP contribution in [0.1, 0.15) is 25.8 Å². The van der Waals surface area contributed by atoms with Crippen LogP contribution in [-0.4, -0.2) is 39.1 Å². The highest BCUT2D eigenvalue weighted by atomic mass is 32.2. The van der Waals surface area contributed by atoms with Gasteiger partial charge in [0, 0.05) is 6.04 Å². The zero-order valence-corrected chi connectivity index (χ0v) is 17.7. The maximum Gasteiger partial charge on any atom is 0.233 e. The Bertz CT molecular complexity index is 929. The normalized spacial score (nSPS) is 12.9. The number of methoxy groups -OCH3 is 1. The predicted molar refractivity (Wildman–Crippen MR) is 116 cm³/mol. The summed E-state index contributed by atoms with van der Waals surface area (Å²) in [5.41, 5.74) is 2.12. The van der Waals surface area contributed by atoms with E-state index >= 15 is 0 Å². The number of para-hydroxylation sites is 2.